The first-order valence-electron chi connectivity index (χ1n) is 11.2. The molecule has 2 aliphatic rings. The number of benzene rings is 1. The number of methoxy groups -OCH3 is 2. The summed E-state index contributed by atoms with van der Waals surface area (Å²) in [7, 11) is 3.33. The van der Waals surface area contributed by atoms with Gasteiger partial charge < -0.3 is 25.0 Å². The monoisotopic (exact) mass is 544 g/mol. The van der Waals surface area contributed by atoms with Crippen molar-refractivity contribution in [2.24, 2.45) is 10.9 Å². The molecule has 1 aromatic rings. The van der Waals surface area contributed by atoms with Crippen molar-refractivity contribution in [2.45, 2.75) is 52.0 Å². The Hall–Kier alpha value is -1.71. The van der Waals surface area contributed by atoms with E-state index < -0.39 is 0 Å². The number of amides is 1. The van der Waals surface area contributed by atoms with Crippen LogP contribution in [0, 0.1) is 5.92 Å². The third-order valence-electron chi connectivity index (χ3n) is 6.00. The van der Waals surface area contributed by atoms with E-state index in [4.69, 9.17) is 14.5 Å². The van der Waals surface area contributed by atoms with Crippen LogP contribution in [0.5, 0.6) is 11.5 Å². The van der Waals surface area contributed by atoms with E-state index in [1.54, 1.807) is 14.2 Å². The number of guanidine groups is 1. The van der Waals surface area contributed by atoms with Gasteiger partial charge in [-0.3, -0.25) is 9.79 Å². The number of aliphatic imine (C=N–C) groups is 1. The second-order valence-electron chi connectivity index (χ2n) is 8.09. The fraction of sp³-hybridized carbons (Fsp3) is 0.652. The Morgan fingerprint density at radius 1 is 1.13 bits per heavy atom. The van der Waals surface area contributed by atoms with E-state index in [0.29, 0.717) is 25.4 Å². The van der Waals surface area contributed by atoms with Gasteiger partial charge in [0.2, 0.25) is 5.91 Å². The Bertz CT molecular complexity index is 751. The van der Waals surface area contributed by atoms with E-state index in [2.05, 4.69) is 34.6 Å². The minimum Gasteiger partial charge on any atom is -0.493 e. The van der Waals surface area contributed by atoms with Crippen LogP contribution in [0.4, 0.5) is 0 Å². The van der Waals surface area contributed by atoms with Gasteiger partial charge in [0.1, 0.15) is 0 Å². The van der Waals surface area contributed by atoms with E-state index in [9.17, 15) is 4.79 Å². The molecule has 1 aromatic carbocycles. The fourth-order valence-electron chi connectivity index (χ4n) is 4.40. The summed E-state index contributed by atoms with van der Waals surface area (Å²) in [4.78, 5) is 19.1. The summed E-state index contributed by atoms with van der Waals surface area (Å²) < 4.78 is 10.9. The van der Waals surface area contributed by atoms with Crippen molar-refractivity contribution in [3.05, 3.63) is 23.3 Å². The van der Waals surface area contributed by atoms with Gasteiger partial charge in [-0.2, -0.15) is 0 Å². The maximum absolute atomic E-state index is 12.1. The lowest BCUT2D eigenvalue weighted by Crippen LogP contribution is -2.44. The number of hydrogen-bond donors (Lipinski definition) is 2. The molecule has 174 valence electrons. The van der Waals surface area contributed by atoms with Crippen LogP contribution in [0.15, 0.2) is 17.1 Å². The molecule has 1 fully saturated rings. The minimum absolute atomic E-state index is 0. The molecule has 1 amide bonds. The quantitative estimate of drug-likeness (QED) is 0.227. The first kappa shape index (κ1) is 25.5. The van der Waals surface area contributed by atoms with Gasteiger partial charge in [-0.1, -0.05) is 12.8 Å². The molecule has 0 atom stereocenters. The zero-order valence-electron chi connectivity index (χ0n) is 19.0. The molecule has 0 spiro atoms. The predicted molar refractivity (Wildman–Crippen MR) is 135 cm³/mol. The number of hydrogen-bond acceptors (Lipinski definition) is 4. The van der Waals surface area contributed by atoms with Gasteiger partial charge in [-0.05, 0) is 55.4 Å². The number of carbonyl (C=O) groups is 1. The Kier molecular flexibility index (Phi) is 10.7. The van der Waals surface area contributed by atoms with Crippen molar-refractivity contribution in [3.8, 4) is 11.5 Å². The highest BCUT2D eigenvalue weighted by Crippen LogP contribution is 2.33. The van der Waals surface area contributed by atoms with E-state index in [0.717, 1.165) is 43.5 Å². The summed E-state index contributed by atoms with van der Waals surface area (Å²) in [5.74, 6) is 3.16. The zero-order valence-corrected chi connectivity index (χ0v) is 21.4. The summed E-state index contributed by atoms with van der Waals surface area (Å²) >= 11 is 0. The maximum Gasteiger partial charge on any atom is 0.220 e. The summed E-state index contributed by atoms with van der Waals surface area (Å²) in [5.41, 5.74) is 2.52. The summed E-state index contributed by atoms with van der Waals surface area (Å²) in [6.45, 7) is 5.70. The van der Waals surface area contributed by atoms with E-state index in [1.807, 2.05) is 0 Å². The molecule has 0 bridgehead atoms. The van der Waals surface area contributed by atoms with E-state index >= 15 is 0 Å². The lowest BCUT2D eigenvalue weighted by molar-refractivity contribution is -0.121. The van der Waals surface area contributed by atoms with Crippen LogP contribution < -0.4 is 20.1 Å². The predicted octanol–water partition coefficient (Wildman–Crippen LogP) is 3.34. The van der Waals surface area contributed by atoms with Gasteiger partial charge in [0, 0.05) is 32.6 Å². The average Bonchev–Trinajstić information content (AvgIpc) is 3.27. The summed E-state index contributed by atoms with van der Waals surface area (Å²) in [6.07, 6.45) is 6.53. The van der Waals surface area contributed by atoms with Gasteiger partial charge >= 0.3 is 0 Å². The molecule has 31 heavy (non-hydrogen) atoms. The number of nitrogens with zero attached hydrogens (tertiary/aromatic N) is 2. The lowest BCUT2D eigenvalue weighted by Gasteiger charge is -2.32. The van der Waals surface area contributed by atoms with Crippen LogP contribution in [0.1, 0.15) is 50.2 Å². The smallest absolute Gasteiger partial charge is 0.220 e. The lowest BCUT2D eigenvalue weighted by atomic mass is 9.99. The topological polar surface area (TPSA) is 75.2 Å². The van der Waals surface area contributed by atoms with Crippen molar-refractivity contribution in [3.63, 3.8) is 0 Å². The van der Waals surface area contributed by atoms with Gasteiger partial charge in [0.05, 0.1) is 20.8 Å². The Balaban J connectivity index is 0.00000341. The highest BCUT2D eigenvalue weighted by molar-refractivity contribution is 14.0. The van der Waals surface area contributed by atoms with Crippen LogP contribution in [0.3, 0.4) is 0 Å². The van der Waals surface area contributed by atoms with E-state index in [-0.39, 0.29) is 29.9 Å². The molecular formula is C23H37IN4O3. The van der Waals surface area contributed by atoms with Crippen molar-refractivity contribution < 1.29 is 14.3 Å². The number of ether oxygens (including phenoxy) is 2. The molecule has 3 rings (SSSR count). The van der Waals surface area contributed by atoms with Crippen molar-refractivity contribution >= 4 is 35.8 Å². The Morgan fingerprint density at radius 2 is 1.81 bits per heavy atom. The first-order valence-corrected chi connectivity index (χ1v) is 11.2. The second-order valence-corrected chi connectivity index (χ2v) is 8.09. The highest BCUT2D eigenvalue weighted by atomic mass is 127. The highest BCUT2D eigenvalue weighted by Gasteiger charge is 2.22. The Morgan fingerprint density at radius 3 is 2.45 bits per heavy atom. The molecule has 0 unspecified atom stereocenters. The van der Waals surface area contributed by atoms with Crippen LogP contribution >= 0.6 is 24.0 Å². The summed E-state index contributed by atoms with van der Waals surface area (Å²) in [6, 6.07) is 4.14. The van der Waals surface area contributed by atoms with Crippen LogP contribution in [0.25, 0.3) is 0 Å². The normalized spacial score (nSPS) is 16.4. The van der Waals surface area contributed by atoms with Crippen molar-refractivity contribution in [1.82, 2.24) is 15.5 Å². The number of halogens is 1. The largest absolute Gasteiger partial charge is 0.493 e. The first-order chi connectivity index (χ1) is 14.6. The molecule has 0 aromatic heterocycles. The maximum atomic E-state index is 12.1. The molecule has 0 radical (unpaired) electrons. The number of carbonyl (C=O) groups excluding carboxylic acids is 1. The average molecular weight is 544 g/mol. The zero-order chi connectivity index (χ0) is 21.3. The molecule has 1 heterocycles. The third kappa shape index (κ3) is 7.15. The molecule has 7 nitrogen and oxygen atoms in total. The fourth-order valence-corrected chi connectivity index (χ4v) is 4.40. The molecule has 2 N–H and O–H groups in total. The van der Waals surface area contributed by atoms with Crippen LogP contribution in [-0.2, 0) is 17.8 Å². The SMILES string of the molecule is CCNC(=NCCNC(=O)CC1CCCC1)N1CCc2cc(OC)c(OC)cc2C1.I. The molecule has 8 heteroatoms. The minimum atomic E-state index is 0. The van der Waals surface area contributed by atoms with Crippen LogP contribution in [-0.4, -0.2) is 57.2 Å². The standard InChI is InChI=1S/C23H36N4O3.HI/c1-4-24-23(26-11-10-25-22(28)13-17-7-5-6-8-17)27-12-9-18-14-20(29-2)21(30-3)15-19(18)16-27;/h14-15,17H,4-13,16H2,1-3H3,(H,24,26)(H,25,28);1H. The Labute approximate surface area is 203 Å². The summed E-state index contributed by atoms with van der Waals surface area (Å²) in [5, 5.41) is 6.42. The van der Waals surface area contributed by atoms with Crippen LogP contribution in [0.2, 0.25) is 0 Å². The molecule has 0 saturated heterocycles. The molecular weight excluding hydrogens is 507 g/mol. The molecule has 1 saturated carbocycles. The number of nitrogens with one attached hydrogen (secondary N) is 2. The van der Waals surface area contributed by atoms with Gasteiger partial charge in [0.25, 0.3) is 0 Å². The van der Waals surface area contributed by atoms with Gasteiger partial charge in [-0.15, -0.1) is 24.0 Å². The molecule has 1 aliphatic carbocycles. The van der Waals surface area contributed by atoms with Gasteiger partial charge in [0.15, 0.2) is 17.5 Å². The third-order valence-corrected chi connectivity index (χ3v) is 6.00. The van der Waals surface area contributed by atoms with Crippen molar-refractivity contribution in [1.29, 1.82) is 0 Å². The number of rotatable bonds is 8. The van der Waals surface area contributed by atoms with Gasteiger partial charge in [-0.25, -0.2) is 0 Å². The molecule has 1 aliphatic heterocycles. The number of fused-ring (bicyclic) bond motifs is 1. The second kappa shape index (κ2) is 13.0. The van der Waals surface area contributed by atoms with Crippen molar-refractivity contribution in [2.75, 3.05) is 40.4 Å². The van der Waals surface area contributed by atoms with E-state index in [1.165, 1.54) is 36.8 Å².